The van der Waals surface area contributed by atoms with Crippen LogP contribution >= 0.6 is 39.1 Å². The van der Waals surface area contributed by atoms with Crippen molar-refractivity contribution < 1.29 is 14.3 Å². The maximum Gasteiger partial charge on any atom is 0.410 e. The maximum atomic E-state index is 12.4. The van der Waals surface area contributed by atoms with E-state index in [1.54, 1.807) is 25.2 Å². The van der Waals surface area contributed by atoms with Crippen LogP contribution in [0.5, 0.6) is 11.5 Å². The first-order valence-corrected chi connectivity index (χ1v) is 10.3. The normalized spacial score (nSPS) is 10.5. The Bertz CT molecular complexity index is 999. The molecule has 0 aliphatic rings. The molecule has 0 atom stereocenters. The molecule has 0 bridgehead atoms. The second-order valence-electron chi connectivity index (χ2n) is 6.33. The molecule has 0 unspecified atom stereocenters. The molecule has 0 N–H and O–H groups in total. The lowest BCUT2D eigenvalue weighted by molar-refractivity contribution is 0.102. The summed E-state index contributed by atoms with van der Waals surface area (Å²) in [6, 6.07) is 20.2. The highest BCUT2D eigenvalue weighted by Crippen LogP contribution is 2.33. The molecule has 0 saturated heterocycles. The summed E-state index contributed by atoms with van der Waals surface area (Å²) >= 11 is 15.5. The molecule has 0 radical (unpaired) electrons. The number of carbonyl (C=O) groups excluding carboxylic acids is 1. The van der Waals surface area contributed by atoms with E-state index in [9.17, 15) is 4.79 Å². The van der Waals surface area contributed by atoms with E-state index >= 15 is 0 Å². The Balaban J connectivity index is 1.69. The number of ether oxygens (including phenoxy) is 2. The van der Waals surface area contributed by atoms with Crippen LogP contribution < -0.4 is 4.74 Å². The van der Waals surface area contributed by atoms with Gasteiger partial charge in [-0.25, -0.2) is 4.79 Å². The standard InChI is InChI=1S/C22H18BrCl2NO3/c1-26(22(27)28-14-15-5-3-2-4-6-15)13-16-7-8-17(23)11-21(16)29-18-9-10-19(24)20(25)12-18/h2-12H,13-14H2,1H3. The number of amides is 1. The van der Waals surface area contributed by atoms with Crippen molar-refractivity contribution in [2.75, 3.05) is 7.05 Å². The smallest absolute Gasteiger partial charge is 0.410 e. The van der Waals surface area contributed by atoms with Gasteiger partial charge in [-0.3, -0.25) is 0 Å². The topological polar surface area (TPSA) is 38.8 Å². The summed E-state index contributed by atoms with van der Waals surface area (Å²) in [5, 5.41) is 0.858. The Labute approximate surface area is 188 Å². The lowest BCUT2D eigenvalue weighted by Crippen LogP contribution is -2.27. The Morgan fingerprint density at radius 3 is 2.48 bits per heavy atom. The molecule has 0 heterocycles. The zero-order chi connectivity index (χ0) is 20.8. The first-order valence-electron chi connectivity index (χ1n) is 8.75. The number of hydrogen-bond acceptors (Lipinski definition) is 3. The van der Waals surface area contributed by atoms with Crippen LogP contribution in [0.15, 0.2) is 71.2 Å². The lowest BCUT2D eigenvalue weighted by atomic mass is 10.2. The van der Waals surface area contributed by atoms with Crippen molar-refractivity contribution in [3.8, 4) is 11.5 Å². The van der Waals surface area contributed by atoms with Gasteiger partial charge in [-0.15, -0.1) is 0 Å². The predicted molar refractivity (Wildman–Crippen MR) is 119 cm³/mol. The fourth-order valence-corrected chi connectivity index (χ4v) is 3.20. The molecular formula is C22H18BrCl2NO3. The maximum absolute atomic E-state index is 12.4. The molecule has 3 aromatic carbocycles. The Hall–Kier alpha value is -2.21. The van der Waals surface area contributed by atoms with Crippen molar-refractivity contribution in [2.45, 2.75) is 13.2 Å². The number of nitrogens with zero attached hydrogens (tertiary/aromatic N) is 1. The molecule has 150 valence electrons. The fourth-order valence-electron chi connectivity index (χ4n) is 2.57. The van der Waals surface area contributed by atoms with Gasteiger partial charge in [0.15, 0.2) is 0 Å². The zero-order valence-corrected chi connectivity index (χ0v) is 18.7. The number of rotatable bonds is 6. The summed E-state index contributed by atoms with van der Waals surface area (Å²) in [5.74, 6) is 1.15. The first kappa shape index (κ1) is 21.5. The molecule has 1 amide bonds. The van der Waals surface area contributed by atoms with Gasteiger partial charge in [-0.2, -0.15) is 0 Å². The molecule has 0 aliphatic carbocycles. The monoisotopic (exact) mass is 493 g/mol. The minimum atomic E-state index is -0.419. The van der Waals surface area contributed by atoms with Crippen molar-refractivity contribution in [1.82, 2.24) is 4.90 Å². The van der Waals surface area contributed by atoms with Crippen molar-refractivity contribution in [3.63, 3.8) is 0 Å². The molecule has 0 spiro atoms. The second-order valence-corrected chi connectivity index (χ2v) is 8.06. The Morgan fingerprint density at radius 2 is 1.76 bits per heavy atom. The Kier molecular flexibility index (Phi) is 7.42. The molecule has 3 aromatic rings. The van der Waals surface area contributed by atoms with Crippen LogP contribution in [0.4, 0.5) is 4.79 Å². The predicted octanol–water partition coefficient (Wildman–Crippen LogP) is 7.32. The van der Waals surface area contributed by atoms with Crippen LogP contribution in [0.1, 0.15) is 11.1 Å². The molecule has 3 rings (SSSR count). The van der Waals surface area contributed by atoms with Crippen molar-refractivity contribution >= 4 is 45.2 Å². The quantitative estimate of drug-likeness (QED) is 0.360. The average Bonchev–Trinajstić information content (AvgIpc) is 2.71. The lowest BCUT2D eigenvalue weighted by Gasteiger charge is -2.19. The average molecular weight is 495 g/mol. The molecule has 0 fully saturated rings. The minimum absolute atomic E-state index is 0.219. The van der Waals surface area contributed by atoms with Gasteiger partial charge in [0.1, 0.15) is 18.1 Å². The minimum Gasteiger partial charge on any atom is -0.457 e. The van der Waals surface area contributed by atoms with Crippen LogP contribution in [0.3, 0.4) is 0 Å². The first-order chi connectivity index (χ1) is 13.9. The molecule has 7 heteroatoms. The van der Waals surface area contributed by atoms with Gasteiger partial charge in [-0.05, 0) is 29.8 Å². The summed E-state index contributed by atoms with van der Waals surface area (Å²) in [4.78, 5) is 13.9. The van der Waals surface area contributed by atoms with E-state index in [4.69, 9.17) is 32.7 Å². The number of carbonyl (C=O) groups is 1. The van der Waals surface area contributed by atoms with Gasteiger partial charge in [0.25, 0.3) is 0 Å². The van der Waals surface area contributed by atoms with Gasteiger partial charge in [-0.1, -0.05) is 75.5 Å². The van der Waals surface area contributed by atoms with Gasteiger partial charge in [0.05, 0.1) is 16.6 Å². The summed E-state index contributed by atoms with van der Waals surface area (Å²) in [5.41, 5.74) is 1.75. The van der Waals surface area contributed by atoms with Crippen LogP contribution in [0.25, 0.3) is 0 Å². The van der Waals surface area contributed by atoms with E-state index in [1.165, 1.54) is 4.90 Å². The van der Waals surface area contributed by atoms with E-state index in [0.29, 0.717) is 28.1 Å². The molecule has 0 saturated carbocycles. The molecule has 29 heavy (non-hydrogen) atoms. The largest absolute Gasteiger partial charge is 0.457 e. The van der Waals surface area contributed by atoms with Gasteiger partial charge < -0.3 is 14.4 Å². The summed E-state index contributed by atoms with van der Waals surface area (Å²) in [6.07, 6.45) is -0.419. The molecule has 0 aromatic heterocycles. The third kappa shape index (κ3) is 6.13. The highest BCUT2D eigenvalue weighted by molar-refractivity contribution is 9.10. The van der Waals surface area contributed by atoms with Crippen LogP contribution in [-0.4, -0.2) is 18.0 Å². The summed E-state index contributed by atoms with van der Waals surface area (Å²) in [7, 11) is 1.68. The van der Waals surface area contributed by atoms with Crippen molar-refractivity contribution in [3.05, 3.63) is 92.4 Å². The molecule has 4 nitrogen and oxygen atoms in total. The highest BCUT2D eigenvalue weighted by Gasteiger charge is 2.15. The molecular weight excluding hydrogens is 477 g/mol. The van der Waals surface area contributed by atoms with Crippen molar-refractivity contribution in [1.29, 1.82) is 0 Å². The van der Waals surface area contributed by atoms with Gasteiger partial charge >= 0.3 is 6.09 Å². The fraction of sp³-hybridized carbons (Fsp3) is 0.136. The highest BCUT2D eigenvalue weighted by atomic mass is 79.9. The third-order valence-corrected chi connectivity index (χ3v) is 5.30. The van der Waals surface area contributed by atoms with E-state index in [0.717, 1.165) is 15.6 Å². The van der Waals surface area contributed by atoms with Crippen molar-refractivity contribution in [2.24, 2.45) is 0 Å². The number of benzene rings is 3. The summed E-state index contributed by atoms with van der Waals surface area (Å²) < 4.78 is 12.2. The number of hydrogen-bond donors (Lipinski definition) is 0. The zero-order valence-electron chi connectivity index (χ0n) is 15.6. The Morgan fingerprint density at radius 1 is 1.00 bits per heavy atom. The molecule has 0 aliphatic heterocycles. The van der Waals surface area contributed by atoms with Crippen LogP contribution in [-0.2, 0) is 17.9 Å². The van der Waals surface area contributed by atoms with E-state index in [2.05, 4.69) is 15.9 Å². The number of halogens is 3. The summed E-state index contributed by atoms with van der Waals surface area (Å²) in [6.45, 7) is 0.536. The second kappa shape index (κ2) is 10.0. The van der Waals surface area contributed by atoms with Gasteiger partial charge in [0.2, 0.25) is 0 Å². The third-order valence-electron chi connectivity index (χ3n) is 4.07. The van der Waals surface area contributed by atoms with Crippen LogP contribution in [0.2, 0.25) is 10.0 Å². The van der Waals surface area contributed by atoms with E-state index in [1.807, 2.05) is 48.5 Å². The van der Waals surface area contributed by atoms with Crippen LogP contribution in [0, 0.1) is 0 Å². The van der Waals surface area contributed by atoms with E-state index in [-0.39, 0.29) is 6.61 Å². The van der Waals surface area contributed by atoms with E-state index < -0.39 is 6.09 Å². The van der Waals surface area contributed by atoms with Gasteiger partial charge in [0, 0.05) is 23.2 Å². The SMILES string of the molecule is CN(Cc1ccc(Br)cc1Oc1ccc(Cl)c(Cl)c1)C(=O)OCc1ccccc1.